The molecule has 0 spiro atoms. The van der Waals surface area contributed by atoms with Gasteiger partial charge in [0, 0.05) is 11.1 Å². The zero-order chi connectivity index (χ0) is 18.5. The summed E-state index contributed by atoms with van der Waals surface area (Å²) in [6, 6.07) is 22.2. The van der Waals surface area contributed by atoms with Gasteiger partial charge in [-0.15, -0.1) is 0 Å². The Hall–Kier alpha value is -3.24. The van der Waals surface area contributed by atoms with Crippen LogP contribution in [0.4, 0.5) is 0 Å². The number of rotatable bonds is 5. The van der Waals surface area contributed by atoms with Crippen molar-refractivity contribution in [3.8, 4) is 5.75 Å². The number of aliphatic hydroxyl groups is 1. The average Bonchev–Trinajstić information content (AvgIpc) is 2.69. The maximum Gasteiger partial charge on any atom is 0.343 e. The normalized spacial score (nSPS) is 11.6. The third kappa shape index (κ3) is 3.71. The fourth-order valence-corrected chi connectivity index (χ4v) is 2.66. The Labute approximate surface area is 151 Å². The molecule has 130 valence electrons. The zero-order valence-electron chi connectivity index (χ0n) is 14.3. The molecule has 4 nitrogen and oxygen atoms in total. The Kier molecular flexibility index (Phi) is 5.25. The Bertz CT molecular complexity index is 917. The van der Waals surface area contributed by atoms with Crippen LogP contribution in [0.15, 0.2) is 78.9 Å². The summed E-state index contributed by atoms with van der Waals surface area (Å²) in [7, 11) is 0. The fraction of sp³-hybridized carbons (Fsp3) is 0.0909. The van der Waals surface area contributed by atoms with Crippen molar-refractivity contribution in [3.05, 3.63) is 101 Å². The Morgan fingerprint density at radius 1 is 0.846 bits per heavy atom. The lowest BCUT2D eigenvalue weighted by atomic mass is 9.96. The van der Waals surface area contributed by atoms with E-state index in [4.69, 9.17) is 4.74 Å². The van der Waals surface area contributed by atoms with E-state index in [-0.39, 0.29) is 0 Å². The van der Waals surface area contributed by atoms with Crippen molar-refractivity contribution in [2.75, 3.05) is 0 Å². The van der Waals surface area contributed by atoms with E-state index in [0.717, 1.165) is 0 Å². The molecule has 0 fully saturated rings. The van der Waals surface area contributed by atoms with Crippen LogP contribution in [-0.2, 0) is 0 Å². The van der Waals surface area contributed by atoms with Crippen LogP contribution in [0, 0.1) is 6.92 Å². The van der Waals surface area contributed by atoms with Crippen LogP contribution in [0.25, 0.3) is 0 Å². The second kappa shape index (κ2) is 7.76. The van der Waals surface area contributed by atoms with Crippen molar-refractivity contribution in [3.63, 3.8) is 0 Å². The number of carbonyl (C=O) groups excluding carboxylic acids is 2. The summed E-state index contributed by atoms with van der Waals surface area (Å²) in [5, 5.41) is 10.4. The summed E-state index contributed by atoms with van der Waals surface area (Å²) in [6.07, 6.45) is -1.27. The molecule has 1 N–H and O–H groups in total. The van der Waals surface area contributed by atoms with Gasteiger partial charge in [0.1, 0.15) is 11.9 Å². The molecule has 0 bridgehead atoms. The molecule has 0 heterocycles. The number of Topliss-reactive ketones (excluding diaryl/α,β-unsaturated/α-hetero) is 1. The quantitative estimate of drug-likeness (QED) is 0.429. The maximum absolute atomic E-state index is 12.7. The Balaban J connectivity index is 1.85. The van der Waals surface area contributed by atoms with Gasteiger partial charge in [-0.05, 0) is 30.7 Å². The van der Waals surface area contributed by atoms with Crippen molar-refractivity contribution in [2.24, 2.45) is 0 Å². The van der Waals surface area contributed by atoms with Crippen molar-refractivity contribution >= 4 is 11.8 Å². The second-order valence-corrected chi connectivity index (χ2v) is 5.86. The van der Waals surface area contributed by atoms with Crippen LogP contribution < -0.4 is 4.74 Å². The third-order valence-corrected chi connectivity index (χ3v) is 4.13. The smallest absolute Gasteiger partial charge is 0.343 e. The number of ketones is 1. The van der Waals surface area contributed by atoms with Gasteiger partial charge in [0.05, 0.1) is 5.56 Å². The minimum atomic E-state index is -1.27. The molecule has 0 aromatic heterocycles. The lowest BCUT2D eigenvalue weighted by molar-refractivity contribution is 0.0722. The number of ether oxygens (including phenoxy) is 1. The van der Waals surface area contributed by atoms with Crippen molar-refractivity contribution in [1.29, 1.82) is 0 Å². The van der Waals surface area contributed by atoms with Crippen molar-refractivity contribution in [2.45, 2.75) is 13.0 Å². The number of aliphatic hydroxyl groups excluding tert-OH is 1. The van der Waals surface area contributed by atoms with Crippen LogP contribution >= 0.6 is 0 Å². The van der Waals surface area contributed by atoms with E-state index in [1.807, 2.05) is 12.1 Å². The zero-order valence-corrected chi connectivity index (χ0v) is 14.3. The summed E-state index contributed by atoms with van der Waals surface area (Å²) < 4.78 is 5.43. The van der Waals surface area contributed by atoms with Gasteiger partial charge >= 0.3 is 5.97 Å². The van der Waals surface area contributed by atoms with Crippen LogP contribution in [0.2, 0.25) is 0 Å². The molecule has 0 aliphatic heterocycles. The summed E-state index contributed by atoms with van der Waals surface area (Å²) in [5.41, 5.74) is 1.77. The molecule has 26 heavy (non-hydrogen) atoms. The highest BCUT2D eigenvalue weighted by Gasteiger charge is 2.22. The van der Waals surface area contributed by atoms with Gasteiger partial charge in [-0.2, -0.15) is 0 Å². The van der Waals surface area contributed by atoms with Gasteiger partial charge in [0.15, 0.2) is 5.78 Å². The Morgan fingerprint density at radius 2 is 1.46 bits per heavy atom. The van der Waals surface area contributed by atoms with E-state index in [2.05, 4.69) is 0 Å². The largest absolute Gasteiger partial charge is 0.423 e. The molecule has 3 aromatic carbocycles. The van der Waals surface area contributed by atoms with E-state index in [0.29, 0.717) is 28.0 Å². The topological polar surface area (TPSA) is 63.6 Å². The monoisotopic (exact) mass is 346 g/mol. The molecule has 0 aliphatic rings. The van der Waals surface area contributed by atoms with Crippen molar-refractivity contribution in [1.82, 2.24) is 0 Å². The van der Waals surface area contributed by atoms with Crippen molar-refractivity contribution < 1.29 is 19.4 Å². The first-order chi connectivity index (χ1) is 12.6. The Morgan fingerprint density at radius 3 is 2.12 bits per heavy atom. The van der Waals surface area contributed by atoms with Gasteiger partial charge < -0.3 is 9.84 Å². The fourth-order valence-electron chi connectivity index (χ4n) is 2.66. The molecule has 0 saturated carbocycles. The first-order valence-corrected chi connectivity index (χ1v) is 8.22. The minimum absolute atomic E-state index is 0.296. The molecule has 1 atom stereocenters. The van der Waals surface area contributed by atoms with Crippen LogP contribution in [-0.4, -0.2) is 16.9 Å². The molecule has 0 radical (unpaired) electrons. The highest BCUT2D eigenvalue weighted by Crippen LogP contribution is 2.27. The van der Waals surface area contributed by atoms with Gasteiger partial charge in [0.25, 0.3) is 0 Å². The van der Waals surface area contributed by atoms with Crippen LogP contribution in [0.5, 0.6) is 5.75 Å². The number of hydrogen-bond donors (Lipinski definition) is 1. The predicted molar refractivity (Wildman–Crippen MR) is 98.3 cm³/mol. The molecule has 0 amide bonds. The summed E-state index contributed by atoms with van der Waals surface area (Å²) in [4.78, 5) is 24.9. The lowest BCUT2D eigenvalue weighted by Gasteiger charge is -2.14. The number of esters is 1. The molecule has 1 unspecified atom stereocenters. The first-order valence-electron chi connectivity index (χ1n) is 8.22. The first kappa shape index (κ1) is 17.6. The molecular weight excluding hydrogens is 328 g/mol. The summed E-state index contributed by atoms with van der Waals surface area (Å²) >= 11 is 0. The molecule has 0 saturated heterocycles. The maximum atomic E-state index is 12.7. The van der Waals surface area contributed by atoms with Gasteiger partial charge in [-0.3, -0.25) is 4.79 Å². The van der Waals surface area contributed by atoms with Gasteiger partial charge in [0.2, 0.25) is 0 Å². The van der Waals surface area contributed by atoms with Crippen LogP contribution in [0.3, 0.4) is 0 Å². The van der Waals surface area contributed by atoms with E-state index in [1.165, 1.54) is 0 Å². The standard InChI is InChI=1S/C22H18O4/c1-15-18(21(24)20(23)16-9-4-2-5-10-16)13-8-14-19(15)26-22(25)17-11-6-3-7-12-17/h2-14,20,23H,1H3. The molecule has 3 aromatic rings. The van der Waals surface area contributed by atoms with E-state index < -0.39 is 17.9 Å². The summed E-state index contributed by atoms with van der Waals surface area (Å²) in [6.45, 7) is 1.69. The second-order valence-electron chi connectivity index (χ2n) is 5.86. The lowest BCUT2D eigenvalue weighted by Crippen LogP contribution is -2.15. The number of carbonyl (C=O) groups is 2. The summed E-state index contributed by atoms with van der Waals surface area (Å²) in [5.74, 6) is -0.641. The third-order valence-electron chi connectivity index (χ3n) is 4.13. The average molecular weight is 346 g/mol. The highest BCUT2D eigenvalue weighted by molar-refractivity contribution is 6.02. The molecule has 0 aliphatic carbocycles. The molecule has 4 heteroatoms. The minimum Gasteiger partial charge on any atom is -0.423 e. The molecule has 3 rings (SSSR count). The van der Waals surface area contributed by atoms with Gasteiger partial charge in [-0.1, -0.05) is 60.7 Å². The van der Waals surface area contributed by atoms with Crippen LogP contribution in [0.1, 0.15) is 37.9 Å². The molecular formula is C22H18O4. The SMILES string of the molecule is Cc1c(OC(=O)c2ccccc2)cccc1C(=O)C(O)c1ccccc1. The van der Waals surface area contributed by atoms with E-state index in [1.54, 1.807) is 73.7 Å². The van der Waals surface area contributed by atoms with Gasteiger partial charge in [-0.25, -0.2) is 4.79 Å². The highest BCUT2D eigenvalue weighted by atomic mass is 16.5. The predicted octanol–water partition coefficient (Wildman–Crippen LogP) is 4.13. The van der Waals surface area contributed by atoms with E-state index in [9.17, 15) is 14.7 Å². The number of benzene rings is 3. The number of hydrogen-bond acceptors (Lipinski definition) is 4. The van der Waals surface area contributed by atoms with E-state index >= 15 is 0 Å².